The van der Waals surface area contributed by atoms with Gasteiger partial charge in [-0.05, 0) is 42.2 Å². The molecule has 5 rings (SSSR count). The summed E-state index contributed by atoms with van der Waals surface area (Å²) in [5.41, 5.74) is 0.981. The van der Waals surface area contributed by atoms with Gasteiger partial charge in [0.15, 0.2) is 5.78 Å². The van der Waals surface area contributed by atoms with Gasteiger partial charge in [0.25, 0.3) is 0 Å². The van der Waals surface area contributed by atoms with E-state index in [4.69, 9.17) is 5.41 Å². The molecule has 3 aromatic rings. The molecule has 2 aromatic carbocycles. The molecule has 0 amide bonds. The molecule has 2 aliphatic carbocycles. The SMILES string of the molecule is N=C1[C@H]2CC[C@]1(C(=O)CN(CCO)Cc1ccccc1)c1nnc(-c3c(F)cccc3F)cc12. The molecule has 0 aliphatic heterocycles. The Morgan fingerprint density at radius 1 is 1.12 bits per heavy atom. The van der Waals surface area contributed by atoms with Crippen molar-refractivity contribution in [2.75, 3.05) is 19.7 Å². The van der Waals surface area contributed by atoms with Crippen LogP contribution in [-0.4, -0.2) is 51.4 Å². The van der Waals surface area contributed by atoms with E-state index in [0.29, 0.717) is 37.2 Å². The highest BCUT2D eigenvalue weighted by molar-refractivity contribution is 6.20. The van der Waals surface area contributed by atoms with Crippen LogP contribution in [0.2, 0.25) is 0 Å². The first-order valence-electron chi connectivity index (χ1n) is 11.3. The van der Waals surface area contributed by atoms with Crippen LogP contribution < -0.4 is 0 Å². The summed E-state index contributed by atoms with van der Waals surface area (Å²) in [4.78, 5) is 15.5. The summed E-state index contributed by atoms with van der Waals surface area (Å²) in [7, 11) is 0. The lowest BCUT2D eigenvalue weighted by Crippen LogP contribution is -2.45. The summed E-state index contributed by atoms with van der Waals surface area (Å²) in [5.74, 6) is -1.96. The van der Waals surface area contributed by atoms with Crippen molar-refractivity contribution >= 4 is 11.5 Å². The van der Waals surface area contributed by atoms with Gasteiger partial charge in [0.05, 0.1) is 30.1 Å². The second-order valence-electron chi connectivity index (χ2n) is 8.88. The highest BCUT2D eigenvalue weighted by Crippen LogP contribution is 2.54. The van der Waals surface area contributed by atoms with Crippen molar-refractivity contribution in [3.8, 4) is 11.3 Å². The summed E-state index contributed by atoms with van der Waals surface area (Å²) in [6.45, 7) is 0.762. The van der Waals surface area contributed by atoms with Crippen LogP contribution in [0, 0.1) is 17.0 Å². The Labute approximate surface area is 195 Å². The zero-order chi connectivity index (χ0) is 23.9. The zero-order valence-corrected chi connectivity index (χ0v) is 18.5. The first-order chi connectivity index (χ1) is 16.5. The van der Waals surface area contributed by atoms with E-state index in [9.17, 15) is 18.7 Å². The number of halogens is 2. The number of ketones is 1. The van der Waals surface area contributed by atoms with Crippen LogP contribution in [0.25, 0.3) is 11.3 Å². The van der Waals surface area contributed by atoms with E-state index in [2.05, 4.69) is 10.2 Å². The number of hydrogen-bond donors (Lipinski definition) is 2. The normalized spacial score (nSPS) is 20.7. The maximum Gasteiger partial charge on any atom is 0.164 e. The lowest BCUT2D eigenvalue weighted by Gasteiger charge is -2.29. The minimum Gasteiger partial charge on any atom is -0.395 e. The van der Waals surface area contributed by atoms with Gasteiger partial charge in [-0.25, -0.2) is 8.78 Å². The molecule has 34 heavy (non-hydrogen) atoms. The van der Waals surface area contributed by atoms with Crippen molar-refractivity contribution in [1.82, 2.24) is 15.1 Å². The maximum absolute atomic E-state index is 14.3. The fourth-order valence-electron chi connectivity index (χ4n) is 5.32. The van der Waals surface area contributed by atoms with Crippen molar-refractivity contribution in [3.63, 3.8) is 0 Å². The Bertz CT molecular complexity index is 1250. The molecular formula is C26H24F2N4O2. The van der Waals surface area contributed by atoms with Gasteiger partial charge in [-0.15, -0.1) is 5.10 Å². The number of nitrogens with one attached hydrogen (secondary N) is 1. The fourth-order valence-corrected chi connectivity index (χ4v) is 5.32. The molecule has 6 nitrogen and oxygen atoms in total. The first kappa shape index (κ1) is 22.4. The molecule has 0 spiro atoms. The van der Waals surface area contributed by atoms with E-state index in [-0.39, 0.29) is 41.8 Å². The lowest BCUT2D eigenvalue weighted by atomic mass is 9.78. The molecule has 1 heterocycles. The van der Waals surface area contributed by atoms with Crippen molar-refractivity contribution in [2.45, 2.75) is 30.7 Å². The Balaban J connectivity index is 1.47. The summed E-state index contributed by atoms with van der Waals surface area (Å²) in [5, 5.41) is 26.7. The third-order valence-electron chi connectivity index (χ3n) is 6.95. The largest absolute Gasteiger partial charge is 0.395 e. The predicted octanol–water partition coefficient (Wildman–Crippen LogP) is 3.63. The van der Waals surface area contributed by atoms with Gasteiger partial charge in [0, 0.05) is 24.7 Å². The topological polar surface area (TPSA) is 90.2 Å². The number of Topliss-reactive ketones (excluding diaryl/α,β-unsaturated/α-hetero) is 1. The number of aliphatic hydroxyl groups is 1. The second kappa shape index (κ2) is 8.77. The maximum atomic E-state index is 14.3. The number of benzene rings is 2. The molecule has 1 saturated carbocycles. The third kappa shape index (κ3) is 3.54. The predicted molar refractivity (Wildman–Crippen MR) is 123 cm³/mol. The Morgan fingerprint density at radius 2 is 1.85 bits per heavy atom. The summed E-state index contributed by atoms with van der Waals surface area (Å²) < 4.78 is 28.6. The minimum atomic E-state index is -1.18. The molecule has 1 fully saturated rings. The van der Waals surface area contributed by atoms with Crippen LogP contribution in [0.3, 0.4) is 0 Å². The van der Waals surface area contributed by atoms with E-state index < -0.39 is 17.0 Å². The van der Waals surface area contributed by atoms with Gasteiger partial charge in [0.2, 0.25) is 0 Å². The molecule has 2 N–H and O–H groups in total. The summed E-state index contributed by atoms with van der Waals surface area (Å²) >= 11 is 0. The van der Waals surface area contributed by atoms with Crippen molar-refractivity contribution in [2.24, 2.45) is 0 Å². The highest BCUT2D eigenvalue weighted by Gasteiger charge is 2.59. The minimum absolute atomic E-state index is 0.0510. The smallest absolute Gasteiger partial charge is 0.164 e. The van der Waals surface area contributed by atoms with Crippen LogP contribution in [0.4, 0.5) is 8.78 Å². The molecule has 2 bridgehead atoms. The number of hydrogen-bond acceptors (Lipinski definition) is 6. The molecule has 174 valence electrons. The molecule has 0 unspecified atom stereocenters. The van der Waals surface area contributed by atoms with E-state index in [1.807, 2.05) is 35.2 Å². The summed E-state index contributed by atoms with van der Waals surface area (Å²) in [6, 6.07) is 14.9. The average molecular weight is 463 g/mol. The monoisotopic (exact) mass is 462 g/mol. The second-order valence-corrected chi connectivity index (χ2v) is 8.88. The molecule has 0 saturated heterocycles. The van der Waals surface area contributed by atoms with Gasteiger partial charge in [0.1, 0.15) is 17.0 Å². The van der Waals surface area contributed by atoms with Crippen molar-refractivity contribution < 1.29 is 18.7 Å². The number of rotatable bonds is 8. The molecule has 2 atom stereocenters. The van der Waals surface area contributed by atoms with E-state index >= 15 is 0 Å². The number of carbonyl (C=O) groups excluding carboxylic acids is 1. The highest BCUT2D eigenvalue weighted by atomic mass is 19.1. The Morgan fingerprint density at radius 3 is 2.56 bits per heavy atom. The number of aromatic nitrogens is 2. The van der Waals surface area contributed by atoms with Crippen LogP contribution in [-0.2, 0) is 16.8 Å². The van der Waals surface area contributed by atoms with Gasteiger partial charge in [-0.1, -0.05) is 36.4 Å². The summed E-state index contributed by atoms with van der Waals surface area (Å²) in [6.07, 6.45) is 1.06. The average Bonchev–Trinajstić information content (AvgIpc) is 3.29. The Hall–Kier alpha value is -3.36. The molecule has 2 aliphatic rings. The lowest BCUT2D eigenvalue weighted by molar-refractivity contribution is -0.123. The number of carbonyl (C=O) groups is 1. The molecule has 8 heteroatoms. The number of nitrogens with zero attached hydrogens (tertiary/aromatic N) is 3. The van der Waals surface area contributed by atoms with Crippen molar-refractivity contribution in [1.29, 1.82) is 5.41 Å². The van der Waals surface area contributed by atoms with Crippen LogP contribution >= 0.6 is 0 Å². The van der Waals surface area contributed by atoms with Crippen molar-refractivity contribution in [3.05, 3.63) is 83.1 Å². The van der Waals surface area contributed by atoms with E-state index in [1.165, 1.54) is 6.07 Å². The van der Waals surface area contributed by atoms with Gasteiger partial charge in [-0.2, -0.15) is 5.10 Å². The van der Waals surface area contributed by atoms with Crippen LogP contribution in [0.15, 0.2) is 54.6 Å². The molecule has 1 aromatic heterocycles. The standard InChI is InChI=1S/C26H24F2N4O2/c27-19-7-4-8-20(28)23(19)21-13-18-17-9-10-26(24(17)29,25(18)31-30-21)22(34)15-32(11-12-33)14-16-5-2-1-3-6-16/h1-8,13,17,29,33H,9-12,14-15H2/t17-,26+/m0/s1. The van der Waals surface area contributed by atoms with Crippen LogP contribution in [0.1, 0.15) is 35.6 Å². The van der Waals surface area contributed by atoms with Gasteiger partial charge in [-0.3, -0.25) is 9.69 Å². The van der Waals surface area contributed by atoms with E-state index in [0.717, 1.165) is 17.7 Å². The number of aliphatic hydroxyl groups excluding tert-OH is 1. The van der Waals surface area contributed by atoms with Gasteiger partial charge < -0.3 is 10.5 Å². The van der Waals surface area contributed by atoms with E-state index in [1.54, 1.807) is 6.07 Å². The quantitative estimate of drug-likeness (QED) is 0.534. The van der Waals surface area contributed by atoms with Crippen LogP contribution in [0.5, 0.6) is 0 Å². The molecule has 0 radical (unpaired) electrons. The fraction of sp³-hybridized carbons (Fsp3) is 0.308. The molecular weight excluding hydrogens is 438 g/mol. The van der Waals surface area contributed by atoms with Gasteiger partial charge >= 0.3 is 0 Å². The third-order valence-corrected chi connectivity index (χ3v) is 6.95. The zero-order valence-electron chi connectivity index (χ0n) is 18.5. The Kier molecular flexibility index (Phi) is 5.79. The number of fused-ring (bicyclic) bond motifs is 5. The first-order valence-corrected chi connectivity index (χ1v) is 11.3.